The Hall–Kier alpha value is -2.29. The molecule has 1 saturated carbocycles. The minimum absolute atomic E-state index is 0.103. The second-order valence-electron chi connectivity index (χ2n) is 7.88. The van der Waals surface area contributed by atoms with Gasteiger partial charge in [0.25, 0.3) is 0 Å². The van der Waals surface area contributed by atoms with Crippen LogP contribution in [-0.2, 0) is 14.8 Å². The summed E-state index contributed by atoms with van der Waals surface area (Å²) in [6.45, 7) is 6.55. The molecule has 1 aromatic rings. The number of piperazine rings is 1. The topological polar surface area (TPSA) is 90.0 Å². The van der Waals surface area contributed by atoms with Crippen LogP contribution in [0.15, 0.2) is 18.2 Å². The lowest BCUT2D eigenvalue weighted by Crippen LogP contribution is -2.54. The highest BCUT2D eigenvalue weighted by Crippen LogP contribution is 2.32. The number of amides is 3. The molecule has 3 amide bonds. The average Bonchev–Trinajstić information content (AvgIpc) is 3.46. The predicted molar refractivity (Wildman–Crippen MR) is 106 cm³/mol. The number of benzene rings is 1. The van der Waals surface area contributed by atoms with Gasteiger partial charge in [0.1, 0.15) is 6.04 Å². The Balaban J connectivity index is 1.38. The van der Waals surface area contributed by atoms with Gasteiger partial charge in [-0.15, -0.1) is 0 Å². The average molecular weight is 407 g/mol. The molecule has 2 aliphatic heterocycles. The Morgan fingerprint density at radius 2 is 1.79 bits per heavy atom. The molecule has 152 valence electrons. The SMILES string of the molecule is Cc1ccc(C)c(N2CCN(C(=O)C3CN(S(=O)(=O)C4CC4)C(=O)N3)CC2)c1. The maximum atomic E-state index is 12.8. The van der Waals surface area contributed by atoms with Crippen molar-refractivity contribution < 1.29 is 18.0 Å². The van der Waals surface area contributed by atoms with E-state index in [1.165, 1.54) is 16.8 Å². The zero-order chi connectivity index (χ0) is 20.1. The van der Waals surface area contributed by atoms with E-state index < -0.39 is 27.3 Å². The number of urea groups is 1. The molecule has 2 heterocycles. The number of anilines is 1. The Labute approximate surface area is 165 Å². The molecule has 1 atom stereocenters. The smallest absolute Gasteiger partial charge is 0.331 e. The number of hydrogen-bond acceptors (Lipinski definition) is 5. The van der Waals surface area contributed by atoms with Crippen LogP contribution in [0.2, 0.25) is 0 Å². The van der Waals surface area contributed by atoms with Crippen LogP contribution in [0.3, 0.4) is 0 Å². The quantitative estimate of drug-likeness (QED) is 0.800. The molecule has 1 unspecified atom stereocenters. The van der Waals surface area contributed by atoms with Crippen molar-refractivity contribution in [2.75, 3.05) is 37.6 Å². The van der Waals surface area contributed by atoms with E-state index in [4.69, 9.17) is 0 Å². The first-order chi connectivity index (χ1) is 13.3. The highest BCUT2D eigenvalue weighted by atomic mass is 32.2. The standard InChI is InChI=1S/C19H26N4O4S/c1-13-3-4-14(2)17(11-13)21-7-9-22(10-8-21)18(24)16-12-23(19(25)20-16)28(26,27)15-5-6-15/h3-4,11,15-16H,5-10,12H2,1-2H3,(H,20,25). The van der Waals surface area contributed by atoms with Gasteiger partial charge in [0.15, 0.2) is 0 Å². The van der Waals surface area contributed by atoms with Crippen LogP contribution in [0.25, 0.3) is 0 Å². The van der Waals surface area contributed by atoms with Crippen LogP contribution in [0.1, 0.15) is 24.0 Å². The molecule has 4 rings (SSSR count). The molecule has 0 radical (unpaired) electrons. The first-order valence-electron chi connectivity index (χ1n) is 9.70. The number of sulfonamides is 1. The second kappa shape index (κ2) is 6.95. The number of nitrogens with one attached hydrogen (secondary N) is 1. The minimum Gasteiger partial charge on any atom is -0.368 e. The molecule has 1 N–H and O–H groups in total. The van der Waals surface area contributed by atoms with E-state index in [2.05, 4.69) is 42.3 Å². The van der Waals surface area contributed by atoms with Crippen LogP contribution in [0.4, 0.5) is 10.5 Å². The Morgan fingerprint density at radius 1 is 1.11 bits per heavy atom. The molecule has 3 aliphatic rings. The molecule has 0 bridgehead atoms. The molecule has 3 fully saturated rings. The predicted octanol–water partition coefficient (Wildman–Crippen LogP) is 0.838. The molecule has 8 nitrogen and oxygen atoms in total. The van der Waals surface area contributed by atoms with Crippen LogP contribution < -0.4 is 10.2 Å². The molecular formula is C19H26N4O4S. The van der Waals surface area contributed by atoms with Crippen molar-refractivity contribution >= 4 is 27.6 Å². The minimum atomic E-state index is -3.62. The summed E-state index contributed by atoms with van der Waals surface area (Å²) < 4.78 is 25.5. The van der Waals surface area contributed by atoms with Crippen molar-refractivity contribution in [3.63, 3.8) is 0 Å². The number of carbonyl (C=O) groups excluding carboxylic acids is 2. The number of hydrogen-bond donors (Lipinski definition) is 1. The summed E-state index contributed by atoms with van der Waals surface area (Å²) in [6, 6.07) is 4.87. The Morgan fingerprint density at radius 3 is 2.43 bits per heavy atom. The third kappa shape index (κ3) is 3.43. The van der Waals surface area contributed by atoms with Gasteiger partial charge in [0, 0.05) is 31.9 Å². The van der Waals surface area contributed by atoms with Crippen molar-refractivity contribution in [1.82, 2.24) is 14.5 Å². The van der Waals surface area contributed by atoms with Gasteiger partial charge in [-0.05, 0) is 43.9 Å². The molecule has 1 aliphatic carbocycles. The highest BCUT2D eigenvalue weighted by molar-refractivity contribution is 7.90. The molecule has 28 heavy (non-hydrogen) atoms. The fourth-order valence-corrected chi connectivity index (χ4v) is 5.60. The van der Waals surface area contributed by atoms with Gasteiger partial charge in [-0.1, -0.05) is 12.1 Å². The number of carbonyl (C=O) groups is 2. The fraction of sp³-hybridized carbons (Fsp3) is 0.579. The number of aryl methyl sites for hydroxylation is 2. The van der Waals surface area contributed by atoms with Gasteiger partial charge in [-0.2, -0.15) is 0 Å². The molecule has 0 aromatic heterocycles. The van der Waals surface area contributed by atoms with E-state index in [-0.39, 0.29) is 12.5 Å². The van der Waals surface area contributed by atoms with Gasteiger partial charge in [0.05, 0.1) is 11.8 Å². The zero-order valence-corrected chi connectivity index (χ0v) is 17.0. The van der Waals surface area contributed by atoms with Gasteiger partial charge in [-0.25, -0.2) is 17.5 Å². The van der Waals surface area contributed by atoms with Gasteiger partial charge in [0.2, 0.25) is 15.9 Å². The summed E-state index contributed by atoms with van der Waals surface area (Å²) in [6.07, 6.45) is 1.18. The maximum Gasteiger partial charge on any atom is 0.331 e. The molecule has 9 heteroatoms. The molecule has 1 aromatic carbocycles. The zero-order valence-electron chi connectivity index (χ0n) is 16.2. The van der Waals surface area contributed by atoms with E-state index in [1.54, 1.807) is 4.90 Å². The summed E-state index contributed by atoms with van der Waals surface area (Å²) in [5.74, 6) is -0.206. The van der Waals surface area contributed by atoms with Gasteiger partial charge >= 0.3 is 6.03 Å². The van der Waals surface area contributed by atoms with Gasteiger partial charge in [-0.3, -0.25) is 4.79 Å². The Bertz CT molecular complexity index is 905. The summed E-state index contributed by atoms with van der Waals surface area (Å²) in [7, 11) is -3.62. The van der Waals surface area contributed by atoms with E-state index >= 15 is 0 Å². The second-order valence-corrected chi connectivity index (χ2v) is 10.0. The molecular weight excluding hydrogens is 380 g/mol. The lowest BCUT2D eigenvalue weighted by atomic mass is 10.1. The van der Waals surface area contributed by atoms with Crippen LogP contribution in [0.5, 0.6) is 0 Å². The van der Waals surface area contributed by atoms with Crippen molar-refractivity contribution in [2.45, 2.75) is 38.0 Å². The normalized spacial score (nSPS) is 23.1. The summed E-state index contributed by atoms with van der Waals surface area (Å²) in [5.41, 5.74) is 3.59. The van der Waals surface area contributed by atoms with Crippen molar-refractivity contribution in [1.29, 1.82) is 0 Å². The van der Waals surface area contributed by atoms with Gasteiger partial charge < -0.3 is 15.1 Å². The lowest BCUT2D eigenvalue weighted by Gasteiger charge is -2.37. The third-order valence-corrected chi connectivity index (χ3v) is 7.96. The Kier molecular flexibility index (Phi) is 4.73. The van der Waals surface area contributed by atoms with Crippen molar-refractivity contribution in [3.05, 3.63) is 29.3 Å². The van der Waals surface area contributed by atoms with E-state index in [1.807, 2.05) is 0 Å². The lowest BCUT2D eigenvalue weighted by molar-refractivity contribution is -0.133. The van der Waals surface area contributed by atoms with E-state index in [0.717, 1.165) is 4.31 Å². The summed E-state index contributed by atoms with van der Waals surface area (Å²) in [5, 5.41) is 2.09. The van der Waals surface area contributed by atoms with Crippen molar-refractivity contribution in [3.8, 4) is 0 Å². The van der Waals surface area contributed by atoms with E-state index in [9.17, 15) is 18.0 Å². The summed E-state index contributed by atoms with van der Waals surface area (Å²) >= 11 is 0. The highest BCUT2D eigenvalue weighted by Gasteiger charge is 2.48. The first kappa shape index (κ1) is 19.0. The van der Waals surface area contributed by atoms with Crippen molar-refractivity contribution in [2.24, 2.45) is 0 Å². The number of nitrogens with zero attached hydrogens (tertiary/aromatic N) is 3. The fourth-order valence-electron chi connectivity index (χ4n) is 3.87. The van der Waals surface area contributed by atoms with Crippen LogP contribution >= 0.6 is 0 Å². The van der Waals surface area contributed by atoms with Crippen LogP contribution in [-0.4, -0.2) is 73.6 Å². The van der Waals surface area contributed by atoms with Crippen LogP contribution in [0, 0.1) is 13.8 Å². The monoisotopic (exact) mass is 406 g/mol. The molecule has 2 saturated heterocycles. The summed E-state index contributed by atoms with van der Waals surface area (Å²) in [4.78, 5) is 28.9. The molecule has 0 spiro atoms. The number of rotatable bonds is 4. The largest absolute Gasteiger partial charge is 0.368 e. The first-order valence-corrected chi connectivity index (χ1v) is 11.2. The third-order valence-electron chi connectivity index (χ3n) is 5.72. The van der Waals surface area contributed by atoms with E-state index in [0.29, 0.717) is 39.0 Å². The maximum absolute atomic E-state index is 12.8.